The molecule has 0 unspecified atom stereocenters. The molecule has 0 saturated heterocycles. The molecule has 0 atom stereocenters. The number of aliphatic hydroxyl groups is 2. The molecule has 0 aliphatic rings. The summed E-state index contributed by atoms with van der Waals surface area (Å²) in [6.45, 7) is 6.72. The Labute approximate surface area is 126 Å². The van der Waals surface area contributed by atoms with Gasteiger partial charge < -0.3 is 20.4 Å². The Morgan fingerprint density at radius 1 is 1.24 bits per heavy atom. The largest absolute Gasteiger partial charge is 0.395 e. The van der Waals surface area contributed by atoms with E-state index in [0.717, 1.165) is 17.8 Å². The molecule has 0 aliphatic heterocycles. The Balaban J connectivity index is 2.87. The van der Waals surface area contributed by atoms with Crippen LogP contribution in [0.5, 0.6) is 0 Å². The number of benzene rings is 1. The van der Waals surface area contributed by atoms with Crippen molar-refractivity contribution < 1.29 is 15.0 Å². The molecule has 3 N–H and O–H groups in total. The van der Waals surface area contributed by atoms with Crippen molar-refractivity contribution >= 4 is 17.3 Å². The highest BCUT2D eigenvalue weighted by Gasteiger charge is 2.25. The first-order chi connectivity index (χ1) is 9.94. The van der Waals surface area contributed by atoms with Crippen LogP contribution in [0.25, 0.3) is 0 Å². The van der Waals surface area contributed by atoms with E-state index in [1.165, 1.54) is 0 Å². The second-order valence-corrected chi connectivity index (χ2v) is 5.68. The SMILES string of the molecule is CCC(C)(C)C(=O)Nc1cccc(N(CCO)CCO)c1. The molecule has 118 valence electrons. The lowest BCUT2D eigenvalue weighted by Gasteiger charge is -2.25. The first-order valence-electron chi connectivity index (χ1n) is 7.32. The van der Waals surface area contributed by atoms with Gasteiger partial charge in [0.25, 0.3) is 0 Å². The molecule has 1 aromatic rings. The molecule has 5 nitrogen and oxygen atoms in total. The molecule has 0 fully saturated rings. The van der Waals surface area contributed by atoms with Crippen molar-refractivity contribution in [1.82, 2.24) is 0 Å². The standard InChI is InChI=1S/C16H26N2O3/c1-4-16(2,3)15(21)17-13-6-5-7-14(12-13)18(8-10-19)9-11-20/h5-7,12,19-20H,4,8-11H2,1-3H3,(H,17,21). The average molecular weight is 294 g/mol. The van der Waals surface area contributed by atoms with Crippen LogP contribution in [0.15, 0.2) is 24.3 Å². The van der Waals surface area contributed by atoms with Crippen LogP contribution in [0.4, 0.5) is 11.4 Å². The minimum absolute atomic E-state index is 0.0133. The van der Waals surface area contributed by atoms with Crippen molar-refractivity contribution in [3.63, 3.8) is 0 Å². The summed E-state index contributed by atoms with van der Waals surface area (Å²) in [6.07, 6.45) is 0.764. The van der Waals surface area contributed by atoms with Gasteiger partial charge in [0.15, 0.2) is 0 Å². The number of anilines is 2. The maximum atomic E-state index is 12.2. The van der Waals surface area contributed by atoms with E-state index >= 15 is 0 Å². The molecular formula is C16H26N2O3. The molecule has 21 heavy (non-hydrogen) atoms. The van der Waals surface area contributed by atoms with E-state index in [1.54, 1.807) is 0 Å². The van der Waals surface area contributed by atoms with Gasteiger partial charge in [-0.15, -0.1) is 0 Å². The average Bonchev–Trinajstić information content (AvgIpc) is 2.47. The third kappa shape index (κ3) is 5.02. The molecular weight excluding hydrogens is 268 g/mol. The molecule has 5 heteroatoms. The van der Waals surface area contributed by atoms with Gasteiger partial charge >= 0.3 is 0 Å². The summed E-state index contributed by atoms with van der Waals surface area (Å²) in [6, 6.07) is 7.44. The Hall–Kier alpha value is -1.59. The lowest BCUT2D eigenvalue weighted by molar-refractivity contribution is -0.124. The van der Waals surface area contributed by atoms with Gasteiger partial charge in [0.1, 0.15) is 0 Å². The van der Waals surface area contributed by atoms with Gasteiger partial charge in [-0.25, -0.2) is 0 Å². The summed E-state index contributed by atoms with van der Waals surface area (Å²) >= 11 is 0. The van der Waals surface area contributed by atoms with Crippen LogP contribution in [0.2, 0.25) is 0 Å². The number of nitrogens with one attached hydrogen (secondary N) is 1. The van der Waals surface area contributed by atoms with Crippen molar-refractivity contribution in [3.8, 4) is 0 Å². The first-order valence-corrected chi connectivity index (χ1v) is 7.32. The topological polar surface area (TPSA) is 72.8 Å². The molecule has 0 spiro atoms. The van der Waals surface area contributed by atoms with E-state index in [-0.39, 0.29) is 19.1 Å². The van der Waals surface area contributed by atoms with E-state index in [9.17, 15) is 4.79 Å². The Bertz CT molecular complexity index is 455. The predicted octanol–water partition coefficient (Wildman–Crippen LogP) is 1.85. The summed E-state index contributed by atoms with van der Waals surface area (Å²) in [5, 5.41) is 21.1. The number of carbonyl (C=O) groups is 1. The van der Waals surface area contributed by atoms with E-state index in [4.69, 9.17) is 10.2 Å². The molecule has 0 aliphatic carbocycles. The Kier molecular flexibility index (Phi) is 6.65. The number of amides is 1. The number of aliphatic hydroxyl groups excluding tert-OH is 2. The number of carbonyl (C=O) groups excluding carboxylic acids is 1. The lowest BCUT2D eigenvalue weighted by Crippen LogP contribution is -2.31. The summed E-state index contributed by atoms with van der Waals surface area (Å²) in [7, 11) is 0. The highest BCUT2D eigenvalue weighted by Crippen LogP contribution is 2.24. The molecule has 0 heterocycles. The van der Waals surface area contributed by atoms with Gasteiger partial charge in [-0.05, 0) is 24.6 Å². The zero-order valence-electron chi connectivity index (χ0n) is 13.1. The van der Waals surface area contributed by atoms with Gasteiger partial charge in [-0.3, -0.25) is 4.79 Å². The fourth-order valence-corrected chi connectivity index (χ4v) is 1.85. The van der Waals surface area contributed by atoms with Crippen molar-refractivity contribution in [2.45, 2.75) is 27.2 Å². The zero-order chi connectivity index (χ0) is 15.9. The molecule has 0 bridgehead atoms. The van der Waals surface area contributed by atoms with Crippen LogP contribution >= 0.6 is 0 Å². The number of rotatable bonds is 8. The normalized spacial score (nSPS) is 11.3. The molecule has 0 saturated carbocycles. The van der Waals surface area contributed by atoms with Crippen LogP contribution < -0.4 is 10.2 Å². The molecule has 1 aromatic carbocycles. The lowest BCUT2D eigenvalue weighted by atomic mass is 9.89. The Morgan fingerprint density at radius 2 is 1.86 bits per heavy atom. The number of nitrogens with zero attached hydrogens (tertiary/aromatic N) is 1. The molecule has 1 rings (SSSR count). The van der Waals surface area contributed by atoms with Gasteiger partial charge in [-0.2, -0.15) is 0 Å². The third-order valence-electron chi connectivity index (χ3n) is 3.71. The fourth-order valence-electron chi connectivity index (χ4n) is 1.85. The maximum Gasteiger partial charge on any atom is 0.230 e. The number of hydrogen-bond acceptors (Lipinski definition) is 4. The molecule has 0 radical (unpaired) electrons. The fraction of sp³-hybridized carbons (Fsp3) is 0.562. The van der Waals surface area contributed by atoms with Gasteiger partial charge in [-0.1, -0.05) is 26.8 Å². The summed E-state index contributed by atoms with van der Waals surface area (Å²) in [5.74, 6) is -0.0157. The summed E-state index contributed by atoms with van der Waals surface area (Å²) < 4.78 is 0. The second-order valence-electron chi connectivity index (χ2n) is 5.68. The van der Waals surface area contributed by atoms with E-state index in [0.29, 0.717) is 13.1 Å². The van der Waals surface area contributed by atoms with Crippen LogP contribution in [0, 0.1) is 5.41 Å². The molecule has 1 amide bonds. The first kappa shape index (κ1) is 17.5. The minimum Gasteiger partial charge on any atom is -0.395 e. The van der Waals surface area contributed by atoms with Crippen molar-refractivity contribution in [1.29, 1.82) is 0 Å². The van der Waals surface area contributed by atoms with Crippen molar-refractivity contribution in [3.05, 3.63) is 24.3 Å². The van der Waals surface area contributed by atoms with Crippen LogP contribution in [0.3, 0.4) is 0 Å². The highest BCUT2D eigenvalue weighted by atomic mass is 16.3. The summed E-state index contributed by atoms with van der Waals surface area (Å²) in [5.41, 5.74) is 1.18. The smallest absolute Gasteiger partial charge is 0.230 e. The highest BCUT2D eigenvalue weighted by molar-refractivity contribution is 5.95. The van der Waals surface area contributed by atoms with Crippen LogP contribution in [-0.2, 0) is 4.79 Å². The van der Waals surface area contributed by atoms with E-state index < -0.39 is 5.41 Å². The number of hydrogen-bond donors (Lipinski definition) is 3. The molecule has 0 aromatic heterocycles. The Morgan fingerprint density at radius 3 is 2.38 bits per heavy atom. The van der Waals surface area contributed by atoms with E-state index in [2.05, 4.69) is 5.32 Å². The third-order valence-corrected chi connectivity index (χ3v) is 3.71. The van der Waals surface area contributed by atoms with Crippen LogP contribution in [-0.4, -0.2) is 42.4 Å². The monoisotopic (exact) mass is 294 g/mol. The maximum absolute atomic E-state index is 12.2. The second kappa shape index (κ2) is 8.00. The quantitative estimate of drug-likeness (QED) is 0.684. The minimum atomic E-state index is -0.411. The van der Waals surface area contributed by atoms with Gasteiger partial charge in [0, 0.05) is 29.9 Å². The van der Waals surface area contributed by atoms with Gasteiger partial charge in [0.2, 0.25) is 5.91 Å². The van der Waals surface area contributed by atoms with Crippen molar-refractivity contribution in [2.75, 3.05) is 36.5 Å². The zero-order valence-corrected chi connectivity index (χ0v) is 13.1. The van der Waals surface area contributed by atoms with Crippen molar-refractivity contribution in [2.24, 2.45) is 5.41 Å². The predicted molar refractivity (Wildman–Crippen MR) is 85.5 cm³/mol. The van der Waals surface area contributed by atoms with E-state index in [1.807, 2.05) is 49.9 Å². The van der Waals surface area contributed by atoms with Crippen LogP contribution in [0.1, 0.15) is 27.2 Å². The summed E-state index contributed by atoms with van der Waals surface area (Å²) in [4.78, 5) is 14.1. The van der Waals surface area contributed by atoms with Gasteiger partial charge in [0.05, 0.1) is 13.2 Å².